The number of para-hydroxylation sites is 1. The van der Waals surface area contributed by atoms with Crippen LogP contribution in [-0.4, -0.2) is 17.3 Å². The third kappa shape index (κ3) is 4.12. The molecular weight excluding hydrogens is 268 g/mol. The first-order valence-corrected chi connectivity index (χ1v) is 7.88. The Morgan fingerprint density at radius 2 is 2.05 bits per heavy atom. The summed E-state index contributed by atoms with van der Waals surface area (Å²) in [6.45, 7) is 5.02. The van der Waals surface area contributed by atoms with Gasteiger partial charge in [0.25, 0.3) is 0 Å². The first-order chi connectivity index (χ1) is 9.50. The van der Waals surface area contributed by atoms with E-state index in [0.717, 1.165) is 28.1 Å². The van der Waals surface area contributed by atoms with Crippen LogP contribution in [0.5, 0.6) is 0 Å². The van der Waals surface area contributed by atoms with Crippen molar-refractivity contribution in [3.63, 3.8) is 0 Å². The quantitative estimate of drug-likeness (QED) is 0.848. The highest BCUT2D eigenvalue weighted by Gasteiger charge is 2.19. The first kappa shape index (κ1) is 15.1. The highest BCUT2D eigenvalue weighted by molar-refractivity contribution is 7.18. The van der Waals surface area contributed by atoms with Gasteiger partial charge in [-0.2, -0.15) is 0 Å². The fraction of sp³-hybridized carbons (Fsp3) is 0.500. The van der Waals surface area contributed by atoms with Gasteiger partial charge in [-0.05, 0) is 36.9 Å². The average Bonchev–Trinajstić information content (AvgIpc) is 2.78. The second-order valence-corrected chi connectivity index (χ2v) is 7.11. The van der Waals surface area contributed by atoms with Crippen LogP contribution in [0.4, 0.5) is 0 Å². The number of hydrogen-bond donors (Lipinski definition) is 1. The lowest BCUT2D eigenvalue weighted by Gasteiger charge is -2.23. The number of rotatable bonds is 7. The van der Waals surface area contributed by atoms with E-state index < -0.39 is 0 Å². The second-order valence-electron chi connectivity index (χ2n) is 5.99. The number of ketones is 1. The standard InChI is InChI=1S/C16H22N2OS/c1-16(2,9-10-17)8-7-12(19)11-15-18-13-5-3-4-6-14(13)20-15/h3-6H,7-11,17H2,1-2H3. The lowest BCUT2D eigenvalue weighted by Crippen LogP contribution is -2.18. The third-order valence-corrected chi connectivity index (χ3v) is 4.62. The number of Topliss-reactive ketones (excluding diaryl/α,β-unsaturated/α-hetero) is 1. The van der Waals surface area contributed by atoms with Gasteiger partial charge in [0.05, 0.1) is 16.6 Å². The molecule has 0 amide bonds. The number of nitrogens with two attached hydrogens (primary N) is 1. The van der Waals surface area contributed by atoms with Crippen molar-refractivity contribution in [2.45, 2.75) is 39.5 Å². The summed E-state index contributed by atoms with van der Waals surface area (Å²) >= 11 is 1.62. The molecule has 1 aromatic heterocycles. The molecule has 0 radical (unpaired) electrons. The fourth-order valence-corrected chi connectivity index (χ4v) is 3.24. The van der Waals surface area contributed by atoms with Crippen molar-refractivity contribution in [3.8, 4) is 0 Å². The van der Waals surface area contributed by atoms with Crippen LogP contribution in [0.3, 0.4) is 0 Å². The molecule has 2 rings (SSSR count). The van der Waals surface area contributed by atoms with Crippen molar-refractivity contribution >= 4 is 27.3 Å². The average molecular weight is 290 g/mol. The largest absolute Gasteiger partial charge is 0.330 e. The summed E-state index contributed by atoms with van der Waals surface area (Å²) in [5.74, 6) is 0.272. The monoisotopic (exact) mass is 290 g/mol. The Kier molecular flexibility index (Phi) is 4.89. The molecule has 0 spiro atoms. The number of carbonyl (C=O) groups excluding carboxylic acids is 1. The number of thiazole rings is 1. The summed E-state index contributed by atoms with van der Waals surface area (Å²) in [6, 6.07) is 8.01. The number of hydrogen-bond acceptors (Lipinski definition) is 4. The minimum absolute atomic E-state index is 0.151. The SMILES string of the molecule is CC(C)(CCN)CCC(=O)Cc1nc2ccccc2s1. The van der Waals surface area contributed by atoms with Crippen molar-refractivity contribution in [3.05, 3.63) is 29.3 Å². The molecule has 0 aliphatic carbocycles. The van der Waals surface area contributed by atoms with Crippen molar-refractivity contribution in [1.29, 1.82) is 0 Å². The lowest BCUT2D eigenvalue weighted by atomic mass is 9.83. The molecule has 1 heterocycles. The van der Waals surface area contributed by atoms with Crippen LogP contribution in [0.1, 0.15) is 38.1 Å². The third-order valence-electron chi connectivity index (χ3n) is 3.59. The predicted molar refractivity (Wildman–Crippen MR) is 85.0 cm³/mol. The maximum Gasteiger partial charge on any atom is 0.139 e. The van der Waals surface area contributed by atoms with Crippen LogP contribution in [0.25, 0.3) is 10.2 Å². The van der Waals surface area contributed by atoms with E-state index in [4.69, 9.17) is 5.73 Å². The van der Waals surface area contributed by atoms with E-state index in [-0.39, 0.29) is 11.2 Å². The molecule has 0 aliphatic rings. The van der Waals surface area contributed by atoms with E-state index in [1.165, 1.54) is 0 Å². The highest BCUT2D eigenvalue weighted by atomic mass is 32.1. The maximum atomic E-state index is 12.1. The van der Waals surface area contributed by atoms with Gasteiger partial charge in [0.2, 0.25) is 0 Å². The number of fused-ring (bicyclic) bond motifs is 1. The highest BCUT2D eigenvalue weighted by Crippen LogP contribution is 2.27. The lowest BCUT2D eigenvalue weighted by molar-refractivity contribution is -0.119. The summed E-state index contributed by atoms with van der Waals surface area (Å²) in [4.78, 5) is 16.6. The molecule has 0 aliphatic heterocycles. The Morgan fingerprint density at radius 3 is 2.75 bits per heavy atom. The smallest absolute Gasteiger partial charge is 0.139 e. The summed E-state index contributed by atoms with van der Waals surface area (Å²) in [6.07, 6.45) is 2.93. The maximum absolute atomic E-state index is 12.1. The van der Waals surface area contributed by atoms with Gasteiger partial charge in [-0.3, -0.25) is 4.79 Å². The van der Waals surface area contributed by atoms with Crippen LogP contribution in [0, 0.1) is 5.41 Å². The molecule has 3 nitrogen and oxygen atoms in total. The van der Waals surface area contributed by atoms with Gasteiger partial charge in [0.15, 0.2) is 0 Å². The summed E-state index contributed by atoms with van der Waals surface area (Å²) < 4.78 is 1.15. The summed E-state index contributed by atoms with van der Waals surface area (Å²) in [5.41, 5.74) is 6.73. The van der Waals surface area contributed by atoms with E-state index in [2.05, 4.69) is 18.8 Å². The molecular formula is C16H22N2OS. The molecule has 1 aromatic carbocycles. The van der Waals surface area contributed by atoms with Gasteiger partial charge >= 0.3 is 0 Å². The molecule has 2 N–H and O–H groups in total. The normalized spacial score (nSPS) is 11.9. The van der Waals surface area contributed by atoms with Crippen LogP contribution in [0.2, 0.25) is 0 Å². The van der Waals surface area contributed by atoms with E-state index >= 15 is 0 Å². The molecule has 0 bridgehead atoms. The van der Waals surface area contributed by atoms with Crippen molar-refractivity contribution < 1.29 is 4.79 Å². The number of carbonyl (C=O) groups is 1. The Bertz CT molecular complexity index is 556. The second kappa shape index (κ2) is 6.46. The molecule has 0 unspecified atom stereocenters. The van der Waals surface area contributed by atoms with Crippen LogP contribution in [0.15, 0.2) is 24.3 Å². The van der Waals surface area contributed by atoms with Crippen molar-refractivity contribution in [2.24, 2.45) is 11.1 Å². The van der Waals surface area contributed by atoms with E-state index in [9.17, 15) is 4.79 Å². The van der Waals surface area contributed by atoms with E-state index in [1.807, 2.05) is 24.3 Å². The van der Waals surface area contributed by atoms with Crippen LogP contribution < -0.4 is 5.73 Å². The topological polar surface area (TPSA) is 56.0 Å². The number of nitrogens with zero attached hydrogens (tertiary/aromatic N) is 1. The fourth-order valence-electron chi connectivity index (χ4n) is 2.25. The molecule has 20 heavy (non-hydrogen) atoms. The Hall–Kier alpha value is -1.26. The van der Waals surface area contributed by atoms with Crippen molar-refractivity contribution in [2.75, 3.05) is 6.54 Å². The molecule has 4 heteroatoms. The zero-order valence-corrected chi connectivity index (χ0v) is 13.0. The first-order valence-electron chi connectivity index (χ1n) is 7.06. The molecule has 108 valence electrons. The van der Waals surface area contributed by atoms with Gasteiger partial charge in [-0.15, -0.1) is 11.3 Å². The van der Waals surface area contributed by atoms with Gasteiger partial charge in [0, 0.05) is 6.42 Å². The van der Waals surface area contributed by atoms with Crippen LogP contribution >= 0.6 is 11.3 Å². The zero-order valence-electron chi connectivity index (χ0n) is 12.2. The number of aromatic nitrogens is 1. The Balaban J connectivity index is 1.91. The van der Waals surface area contributed by atoms with E-state index in [1.54, 1.807) is 11.3 Å². The summed E-state index contributed by atoms with van der Waals surface area (Å²) in [7, 11) is 0. The zero-order chi connectivity index (χ0) is 14.6. The summed E-state index contributed by atoms with van der Waals surface area (Å²) in [5, 5.41) is 0.924. The molecule has 0 saturated carbocycles. The van der Waals surface area contributed by atoms with Gasteiger partial charge in [-0.1, -0.05) is 26.0 Å². The van der Waals surface area contributed by atoms with Gasteiger partial charge in [0.1, 0.15) is 10.8 Å². The Labute approximate surface area is 124 Å². The molecule has 0 atom stereocenters. The molecule has 0 fully saturated rings. The van der Waals surface area contributed by atoms with E-state index in [0.29, 0.717) is 19.4 Å². The van der Waals surface area contributed by atoms with Gasteiger partial charge in [-0.25, -0.2) is 4.98 Å². The minimum Gasteiger partial charge on any atom is -0.330 e. The molecule has 0 saturated heterocycles. The minimum atomic E-state index is 0.151. The van der Waals surface area contributed by atoms with Crippen LogP contribution in [-0.2, 0) is 11.2 Å². The predicted octanol–water partition coefficient (Wildman–Crippen LogP) is 3.56. The molecule has 2 aromatic rings. The van der Waals surface area contributed by atoms with Gasteiger partial charge < -0.3 is 5.73 Å². The van der Waals surface area contributed by atoms with Crippen molar-refractivity contribution in [1.82, 2.24) is 4.98 Å². The Morgan fingerprint density at radius 1 is 1.30 bits per heavy atom. The number of benzene rings is 1.